The molecule has 3 rings (SSSR count). The van der Waals surface area contributed by atoms with E-state index in [1.807, 2.05) is 18.2 Å². The minimum atomic E-state index is -3.04. The van der Waals surface area contributed by atoms with Crippen molar-refractivity contribution in [3.63, 3.8) is 0 Å². The van der Waals surface area contributed by atoms with Gasteiger partial charge >= 0.3 is 258 Å². The molecule has 0 aliphatic rings. The van der Waals surface area contributed by atoms with Crippen molar-refractivity contribution in [1.82, 2.24) is 10.6 Å². The fourth-order valence-corrected chi connectivity index (χ4v) is 15.4. The van der Waals surface area contributed by atoms with E-state index in [4.69, 9.17) is 15.2 Å². The van der Waals surface area contributed by atoms with Crippen LogP contribution in [0.15, 0.2) is 91.0 Å². The van der Waals surface area contributed by atoms with Crippen molar-refractivity contribution >= 4 is 82.0 Å². The molecule has 0 aliphatic heterocycles. The number of halogens is 1. The van der Waals surface area contributed by atoms with Crippen LogP contribution >= 0.6 is 42.4 Å². The summed E-state index contributed by atoms with van der Waals surface area (Å²) in [7, 11) is 3.10. The third kappa shape index (κ3) is 10.8. The summed E-state index contributed by atoms with van der Waals surface area (Å²) in [5, 5.41) is 6.01. The third-order valence-electron chi connectivity index (χ3n) is 7.64. The van der Waals surface area contributed by atoms with Crippen LogP contribution in [-0.2, 0) is 28.7 Å². The summed E-state index contributed by atoms with van der Waals surface area (Å²) in [6.45, 7) is 3.45. The summed E-state index contributed by atoms with van der Waals surface area (Å²) in [6, 6.07) is 30.0. The third-order valence-corrected chi connectivity index (χ3v) is 20.2. The van der Waals surface area contributed by atoms with Gasteiger partial charge in [0.15, 0.2) is 0 Å². The number of nitrogens with one attached hydrogen (secondary N) is 2. The molecule has 0 unspecified atom stereocenters. The first-order valence-electron chi connectivity index (χ1n) is 15.9. The number of hydrogen-bond acceptors (Lipinski definition) is 9. The Morgan fingerprint density at radius 3 is 1.83 bits per heavy atom. The minimum Gasteiger partial charge on any atom is -0.465 e. The van der Waals surface area contributed by atoms with Gasteiger partial charge in [-0.15, -0.1) is 0 Å². The average Bonchev–Trinajstić information content (AvgIpc) is 3.11. The Balaban J connectivity index is 1.69. The van der Waals surface area contributed by atoms with E-state index in [1.165, 1.54) is 26.7 Å². The van der Waals surface area contributed by atoms with Crippen LogP contribution in [0.4, 0.5) is 0 Å². The molecule has 0 fully saturated rings. The minimum absolute atomic E-state index is 0.0592. The molecule has 4 N–H and O–H groups in total. The van der Waals surface area contributed by atoms with Gasteiger partial charge in [0.2, 0.25) is 0 Å². The molecular formula is C35H45BrN3O6PS2. The Labute approximate surface area is 299 Å². The first-order chi connectivity index (χ1) is 23.1. The summed E-state index contributed by atoms with van der Waals surface area (Å²) in [5.74, 6) is -1.01. The van der Waals surface area contributed by atoms with E-state index < -0.39 is 41.1 Å². The Bertz CT molecular complexity index is 1370. The SMILES string of the molecule is CCOC(=O)CNC(=O)[C@H](CSSCCCP(Br)(c1ccccc1)(c1ccccc1)c1ccccc1)NC(=O)CC[C@H](N)C(=O)OCC. The van der Waals surface area contributed by atoms with Crippen LogP contribution < -0.4 is 32.3 Å². The second-order valence-electron chi connectivity index (χ2n) is 10.9. The van der Waals surface area contributed by atoms with E-state index in [0.717, 1.165) is 18.3 Å². The number of amides is 2. The summed E-state index contributed by atoms with van der Waals surface area (Å²) in [5.41, 5.74) is 5.84. The van der Waals surface area contributed by atoms with Gasteiger partial charge in [-0.2, -0.15) is 0 Å². The predicted octanol–water partition coefficient (Wildman–Crippen LogP) is 4.43. The van der Waals surface area contributed by atoms with Gasteiger partial charge in [-0.25, -0.2) is 0 Å². The van der Waals surface area contributed by atoms with Gasteiger partial charge in [0, 0.05) is 0 Å². The number of rotatable bonds is 20. The van der Waals surface area contributed by atoms with Crippen molar-refractivity contribution in [3.05, 3.63) is 91.0 Å². The number of carbonyl (C=O) groups excluding carboxylic acids is 4. The maximum absolute atomic E-state index is 13.0. The van der Waals surface area contributed by atoms with E-state index in [1.54, 1.807) is 24.6 Å². The molecule has 2 amide bonds. The number of esters is 2. The fraction of sp³-hybridized carbons (Fsp3) is 0.371. The monoisotopic (exact) mass is 777 g/mol. The van der Waals surface area contributed by atoms with Gasteiger partial charge in [-0.05, 0) is 13.8 Å². The van der Waals surface area contributed by atoms with Crippen LogP contribution in [0.1, 0.15) is 33.1 Å². The topological polar surface area (TPSA) is 137 Å². The molecule has 0 aromatic heterocycles. The van der Waals surface area contributed by atoms with Gasteiger partial charge in [0.1, 0.15) is 0 Å². The number of ether oxygens (including phenoxy) is 2. The summed E-state index contributed by atoms with van der Waals surface area (Å²) < 4.78 is 9.82. The zero-order valence-electron chi connectivity index (χ0n) is 27.3. The molecule has 0 heterocycles. The van der Waals surface area contributed by atoms with Crippen molar-refractivity contribution in [2.75, 3.05) is 37.4 Å². The van der Waals surface area contributed by atoms with Crippen LogP contribution in [0, 0.1) is 0 Å². The van der Waals surface area contributed by atoms with Crippen molar-refractivity contribution < 1.29 is 28.7 Å². The predicted molar refractivity (Wildman–Crippen MR) is 204 cm³/mol. The van der Waals surface area contributed by atoms with Gasteiger partial charge in [-0.3, -0.25) is 4.79 Å². The normalized spacial score (nSPS) is 13.3. The molecule has 0 spiro atoms. The van der Waals surface area contributed by atoms with Crippen molar-refractivity contribution in [3.8, 4) is 0 Å². The quantitative estimate of drug-likeness (QED) is 0.0659. The van der Waals surface area contributed by atoms with Crippen LogP contribution in [0.2, 0.25) is 0 Å². The smallest absolute Gasteiger partial charge is 0.465 e. The van der Waals surface area contributed by atoms with Crippen molar-refractivity contribution in [2.24, 2.45) is 5.73 Å². The standard InChI is InChI=1S/C35H45BrN3O6PS2/c1-3-44-33(41)25-38-34(42)31(39-32(40)22-21-30(37)35(43)45-4-2)26-48-47-24-14-23-46(36,27-15-8-5-9-16-27,28-17-10-6-11-18-28)29-19-12-7-13-20-29/h5-13,15-20,30-31H,3-4,14,21-26,37H2,1-2H3,(H,38,42)(H,39,40)/t30-,31-/m0/s1. The molecule has 3 aromatic carbocycles. The van der Waals surface area contributed by atoms with Gasteiger partial charge in [0.25, 0.3) is 0 Å². The molecule has 0 saturated carbocycles. The van der Waals surface area contributed by atoms with Crippen molar-refractivity contribution in [1.29, 1.82) is 0 Å². The molecule has 0 saturated heterocycles. The van der Waals surface area contributed by atoms with Gasteiger partial charge in [-0.1, -0.05) is 0 Å². The molecule has 3 aromatic rings. The number of hydrogen-bond donors (Lipinski definition) is 3. The summed E-state index contributed by atoms with van der Waals surface area (Å²) >= 11 is 4.48. The van der Waals surface area contributed by atoms with E-state index in [0.29, 0.717) is 0 Å². The Kier molecular flexibility index (Phi) is 16.4. The molecule has 0 radical (unpaired) electrons. The number of nitrogens with two attached hydrogens (primary N) is 1. The zero-order valence-corrected chi connectivity index (χ0v) is 31.5. The van der Waals surface area contributed by atoms with E-state index in [-0.39, 0.29) is 38.4 Å². The number of carbonyl (C=O) groups is 4. The Morgan fingerprint density at radius 1 is 0.812 bits per heavy atom. The molecule has 260 valence electrons. The first kappa shape index (κ1) is 39.5. The van der Waals surface area contributed by atoms with Crippen LogP contribution in [0.5, 0.6) is 0 Å². The van der Waals surface area contributed by atoms with Gasteiger partial charge in [0.05, 0.1) is 13.2 Å². The maximum atomic E-state index is 13.0. The molecule has 9 nitrogen and oxygen atoms in total. The van der Waals surface area contributed by atoms with Gasteiger partial charge < -0.3 is 10.5 Å². The summed E-state index contributed by atoms with van der Waals surface area (Å²) in [4.78, 5) is 49.5. The molecule has 13 heteroatoms. The Morgan fingerprint density at radius 2 is 1.33 bits per heavy atom. The fourth-order valence-electron chi connectivity index (χ4n) is 5.24. The van der Waals surface area contributed by atoms with Crippen LogP contribution in [0.3, 0.4) is 0 Å². The number of benzene rings is 3. The van der Waals surface area contributed by atoms with Crippen LogP contribution in [-0.4, -0.2) is 73.3 Å². The molecule has 0 aliphatic carbocycles. The molecule has 48 heavy (non-hydrogen) atoms. The molecule has 2 atom stereocenters. The van der Waals surface area contributed by atoms with E-state index in [2.05, 4.69) is 98.9 Å². The second-order valence-corrected chi connectivity index (χ2v) is 22.6. The molecular weight excluding hydrogens is 733 g/mol. The van der Waals surface area contributed by atoms with E-state index in [9.17, 15) is 19.2 Å². The average molecular weight is 779 g/mol. The van der Waals surface area contributed by atoms with Crippen LogP contribution in [0.25, 0.3) is 0 Å². The molecule has 0 bridgehead atoms. The second kappa shape index (κ2) is 19.9. The Hall–Kier alpha value is -2.89. The first-order valence-corrected chi connectivity index (χ1v) is 22.9. The van der Waals surface area contributed by atoms with E-state index >= 15 is 0 Å². The van der Waals surface area contributed by atoms with Crippen molar-refractivity contribution in [2.45, 2.75) is 45.2 Å². The zero-order chi connectivity index (χ0) is 34.9. The summed E-state index contributed by atoms with van der Waals surface area (Å²) in [6.07, 6.45) is 1.76.